The summed E-state index contributed by atoms with van der Waals surface area (Å²) in [4.78, 5) is 28.6. The lowest BCUT2D eigenvalue weighted by Gasteiger charge is -2.21. The standard InChI is InChI=1S/C12H13ClN2O3/c1-7-5-9(13)8(6-14-7)11(16)15-4-2-3-10(15)12(17)18/h5-6,10H,2-4H2,1H3,(H,17,18)/t10-/m0/s1. The van der Waals surface area contributed by atoms with E-state index in [0.717, 1.165) is 0 Å². The van der Waals surface area contributed by atoms with E-state index in [2.05, 4.69) is 4.98 Å². The van der Waals surface area contributed by atoms with E-state index in [1.165, 1.54) is 11.1 Å². The van der Waals surface area contributed by atoms with Gasteiger partial charge < -0.3 is 10.0 Å². The average Bonchev–Trinajstić information content (AvgIpc) is 2.77. The van der Waals surface area contributed by atoms with Crippen molar-refractivity contribution in [2.75, 3.05) is 6.54 Å². The number of carbonyl (C=O) groups is 2. The molecule has 0 aliphatic carbocycles. The number of carboxylic acids is 1. The first-order valence-electron chi connectivity index (χ1n) is 5.66. The van der Waals surface area contributed by atoms with E-state index in [1.807, 2.05) is 0 Å². The number of halogens is 1. The molecule has 0 aromatic carbocycles. The van der Waals surface area contributed by atoms with Crippen molar-refractivity contribution in [3.63, 3.8) is 0 Å². The van der Waals surface area contributed by atoms with Gasteiger partial charge in [-0.05, 0) is 25.8 Å². The second kappa shape index (κ2) is 4.94. The first kappa shape index (κ1) is 12.8. The minimum atomic E-state index is -0.975. The van der Waals surface area contributed by atoms with Gasteiger partial charge in [0, 0.05) is 18.4 Å². The fourth-order valence-electron chi connectivity index (χ4n) is 2.11. The highest BCUT2D eigenvalue weighted by Crippen LogP contribution is 2.23. The summed E-state index contributed by atoms with van der Waals surface area (Å²) < 4.78 is 0. The minimum Gasteiger partial charge on any atom is -0.480 e. The molecule has 1 atom stereocenters. The van der Waals surface area contributed by atoms with E-state index in [4.69, 9.17) is 16.7 Å². The maximum Gasteiger partial charge on any atom is 0.326 e. The first-order valence-corrected chi connectivity index (χ1v) is 6.04. The maximum atomic E-state index is 12.2. The van der Waals surface area contributed by atoms with Crippen LogP contribution in [0.2, 0.25) is 5.02 Å². The van der Waals surface area contributed by atoms with Gasteiger partial charge in [0.05, 0.1) is 10.6 Å². The van der Waals surface area contributed by atoms with Gasteiger partial charge in [-0.1, -0.05) is 11.6 Å². The highest BCUT2D eigenvalue weighted by atomic mass is 35.5. The molecule has 0 radical (unpaired) electrons. The number of aromatic nitrogens is 1. The van der Waals surface area contributed by atoms with Crippen LogP contribution in [0.3, 0.4) is 0 Å². The molecule has 1 fully saturated rings. The van der Waals surface area contributed by atoms with E-state index in [0.29, 0.717) is 30.1 Å². The Labute approximate surface area is 109 Å². The Morgan fingerprint density at radius 3 is 2.89 bits per heavy atom. The molecule has 1 aliphatic rings. The summed E-state index contributed by atoms with van der Waals surface area (Å²) in [6, 6.07) is 0.843. The molecule has 1 saturated heterocycles. The third kappa shape index (κ3) is 2.31. The van der Waals surface area contributed by atoms with Gasteiger partial charge in [0.25, 0.3) is 5.91 Å². The van der Waals surface area contributed by atoms with Gasteiger partial charge in [-0.15, -0.1) is 0 Å². The topological polar surface area (TPSA) is 70.5 Å². The smallest absolute Gasteiger partial charge is 0.326 e. The Morgan fingerprint density at radius 1 is 1.56 bits per heavy atom. The Kier molecular flexibility index (Phi) is 3.52. The quantitative estimate of drug-likeness (QED) is 0.887. The summed E-state index contributed by atoms with van der Waals surface area (Å²) in [7, 11) is 0. The highest BCUT2D eigenvalue weighted by Gasteiger charge is 2.35. The lowest BCUT2D eigenvalue weighted by Crippen LogP contribution is -2.40. The number of carbonyl (C=O) groups excluding carboxylic acids is 1. The van der Waals surface area contributed by atoms with Crippen molar-refractivity contribution in [3.05, 3.63) is 28.5 Å². The van der Waals surface area contributed by atoms with Gasteiger partial charge in [-0.3, -0.25) is 9.78 Å². The van der Waals surface area contributed by atoms with Crippen molar-refractivity contribution >= 4 is 23.5 Å². The van der Waals surface area contributed by atoms with E-state index in [1.54, 1.807) is 13.0 Å². The zero-order chi connectivity index (χ0) is 13.3. The summed E-state index contributed by atoms with van der Waals surface area (Å²) in [6.45, 7) is 2.22. The van der Waals surface area contributed by atoms with Gasteiger partial charge in [0.1, 0.15) is 6.04 Å². The van der Waals surface area contributed by atoms with Crippen molar-refractivity contribution in [2.24, 2.45) is 0 Å². The summed E-state index contributed by atoms with van der Waals surface area (Å²) in [6.07, 6.45) is 2.58. The SMILES string of the molecule is Cc1cc(Cl)c(C(=O)N2CCC[C@H]2C(=O)O)cn1. The molecule has 18 heavy (non-hydrogen) atoms. The van der Waals surface area contributed by atoms with Crippen molar-refractivity contribution in [3.8, 4) is 0 Å². The monoisotopic (exact) mass is 268 g/mol. The average molecular weight is 269 g/mol. The summed E-state index contributed by atoms with van der Waals surface area (Å²) in [5.74, 6) is -1.34. The number of hydrogen-bond acceptors (Lipinski definition) is 3. The van der Waals surface area contributed by atoms with Crippen LogP contribution in [0.15, 0.2) is 12.3 Å². The van der Waals surface area contributed by atoms with Gasteiger partial charge >= 0.3 is 5.97 Å². The van der Waals surface area contributed by atoms with Gasteiger partial charge in [-0.2, -0.15) is 0 Å². The van der Waals surface area contributed by atoms with Crippen LogP contribution in [-0.4, -0.2) is 39.5 Å². The van der Waals surface area contributed by atoms with E-state index in [9.17, 15) is 9.59 Å². The molecule has 1 N–H and O–H groups in total. The van der Waals surface area contributed by atoms with Crippen LogP contribution in [0, 0.1) is 6.92 Å². The molecule has 2 heterocycles. The van der Waals surface area contributed by atoms with E-state index in [-0.39, 0.29) is 11.5 Å². The Hall–Kier alpha value is -1.62. The van der Waals surface area contributed by atoms with Crippen LogP contribution in [-0.2, 0) is 4.79 Å². The zero-order valence-electron chi connectivity index (χ0n) is 9.89. The van der Waals surface area contributed by atoms with Crippen LogP contribution < -0.4 is 0 Å². The summed E-state index contributed by atoms with van der Waals surface area (Å²) >= 11 is 6.00. The number of aliphatic carboxylic acids is 1. The third-order valence-electron chi connectivity index (χ3n) is 3.02. The molecule has 0 bridgehead atoms. The fourth-order valence-corrected chi connectivity index (χ4v) is 2.39. The van der Waals surface area contributed by atoms with Crippen molar-refractivity contribution < 1.29 is 14.7 Å². The summed E-state index contributed by atoms with van der Waals surface area (Å²) in [5, 5.41) is 9.36. The summed E-state index contributed by atoms with van der Waals surface area (Å²) in [5.41, 5.74) is 0.975. The molecule has 96 valence electrons. The van der Waals surface area contributed by atoms with Crippen LogP contribution in [0.1, 0.15) is 28.9 Å². The molecular weight excluding hydrogens is 256 g/mol. The maximum absolute atomic E-state index is 12.2. The number of pyridine rings is 1. The first-order chi connectivity index (χ1) is 8.50. The number of rotatable bonds is 2. The van der Waals surface area contributed by atoms with Crippen LogP contribution in [0.25, 0.3) is 0 Å². The van der Waals surface area contributed by atoms with Gasteiger partial charge in [0.15, 0.2) is 0 Å². The minimum absolute atomic E-state index is 0.260. The molecule has 1 aromatic rings. The van der Waals surface area contributed by atoms with Crippen molar-refractivity contribution in [1.29, 1.82) is 0 Å². The van der Waals surface area contributed by atoms with Crippen LogP contribution >= 0.6 is 11.6 Å². The molecule has 5 nitrogen and oxygen atoms in total. The number of aryl methyl sites for hydroxylation is 1. The lowest BCUT2D eigenvalue weighted by atomic mass is 10.2. The molecule has 2 rings (SSSR count). The van der Waals surface area contributed by atoms with E-state index >= 15 is 0 Å². The number of likely N-dealkylation sites (tertiary alicyclic amines) is 1. The normalized spacial score (nSPS) is 19.0. The van der Waals surface area contributed by atoms with Gasteiger partial charge in [0.2, 0.25) is 0 Å². The fraction of sp³-hybridized carbons (Fsp3) is 0.417. The number of amides is 1. The van der Waals surface area contributed by atoms with Gasteiger partial charge in [-0.25, -0.2) is 4.79 Å². The second-order valence-corrected chi connectivity index (χ2v) is 4.71. The van der Waals surface area contributed by atoms with Crippen LogP contribution in [0.4, 0.5) is 0 Å². The van der Waals surface area contributed by atoms with Crippen LogP contribution in [0.5, 0.6) is 0 Å². The Bertz CT molecular complexity index is 504. The highest BCUT2D eigenvalue weighted by molar-refractivity contribution is 6.33. The molecule has 6 heteroatoms. The van der Waals surface area contributed by atoms with Crippen molar-refractivity contribution in [2.45, 2.75) is 25.8 Å². The molecule has 1 aromatic heterocycles. The third-order valence-corrected chi connectivity index (χ3v) is 3.33. The second-order valence-electron chi connectivity index (χ2n) is 4.30. The molecule has 1 amide bonds. The molecule has 0 spiro atoms. The number of nitrogens with zero attached hydrogens (tertiary/aromatic N) is 2. The largest absolute Gasteiger partial charge is 0.480 e. The number of hydrogen-bond donors (Lipinski definition) is 1. The molecule has 0 saturated carbocycles. The lowest BCUT2D eigenvalue weighted by molar-refractivity contribution is -0.141. The predicted molar refractivity (Wildman–Crippen MR) is 65.7 cm³/mol. The molecule has 0 unspecified atom stereocenters. The Balaban J connectivity index is 2.28. The molecular formula is C12H13ClN2O3. The molecule has 1 aliphatic heterocycles. The zero-order valence-corrected chi connectivity index (χ0v) is 10.6. The van der Waals surface area contributed by atoms with E-state index < -0.39 is 12.0 Å². The Morgan fingerprint density at radius 2 is 2.28 bits per heavy atom. The van der Waals surface area contributed by atoms with Crippen molar-refractivity contribution in [1.82, 2.24) is 9.88 Å². The number of carboxylic acid groups (broad SMARTS) is 1. The predicted octanol–water partition coefficient (Wildman–Crippen LogP) is 1.73.